The summed E-state index contributed by atoms with van der Waals surface area (Å²) in [6, 6.07) is 11.8. The lowest BCUT2D eigenvalue weighted by Crippen LogP contribution is -2.21. The minimum absolute atomic E-state index is 0.500. The number of hydrogen-bond acceptors (Lipinski definition) is 2. The maximum Gasteiger partial charge on any atom is 0.330 e. The summed E-state index contributed by atoms with van der Waals surface area (Å²) in [5.41, 5.74) is 2.40. The first-order valence-electron chi connectivity index (χ1n) is 5.98. The highest BCUT2D eigenvalue weighted by atomic mass is 79.9. The van der Waals surface area contributed by atoms with Gasteiger partial charge >= 0.3 is 5.97 Å². The van der Waals surface area contributed by atoms with Crippen molar-refractivity contribution in [2.75, 3.05) is 5.32 Å². The smallest absolute Gasteiger partial charge is 0.330 e. The van der Waals surface area contributed by atoms with Crippen molar-refractivity contribution in [3.05, 3.63) is 63.1 Å². The average molecular weight is 355 g/mol. The number of hydrogen-bond donors (Lipinski definition) is 2. The number of carboxylic acid groups (broad SMARTS) is 1. The molecule has 0 saturated carbocycles. The summed E-state index contributed by atoms with van der Waals surface area (Å²) in [6.45, 7) is 1.95. The molecule has 2 rings (SSSR count). The molecule has 0 amide bonds. The number of anilines is 1. The van der Waals surface area contributed by atoms with Gasteiger partial charge in [0.1, 0.15) is 0 Å². The molecule has 2 aromatic carbocycles. The summed E-state index contributed by atoms with van der Waals surface area (Å²) in [7, 11) is 0. The molecule has 3 nitrogen and oxygen atoms in total. The molecule has 0 aromatic heterocycles. The number of carbonyl (C=O) groups is 1. The number of carboxylic acids is 1. The van der Waals surface area contributed by atoms with E-state index in [1.165, 1.54) is 0 Å². The van der Waals surface area contributed by atoms with Crippen LogP contribution in [0.25, 0.3) is 0 Å². The highest BCUT2D eigenvalue weighted by Crippen LogP contribution is 2.29. The fraction of sp³-hybridized carbons (Fsp3) is 0.133. The summed E-state index contributed by atoms with van der Waals surface area (Å²) in [6.07, 6.45) is 0. The normalized spacial score (nSPS) is 11.9. The van der Waals surface area contributed by atoms with Crippen LogP contribution in [0.15, 0.2) is 46.9 Å². The summed E-state index contributed by atoms with van der Waals surface area (Å²) in [5.74, 6) is -0.963. The van der Waals surface area contributed by atoms with Crippen molar-refractivity contribution in [1.82, 2.24) is 0 Å². The van der Waals surface area contributed by atoms with Crippen molar-refractivity contribution in [3.63, 3.8) is 0 Å². The Labute approximate surface area is 130 Å². The Morgan fingerprint density at radius 1 is 1.30 bits per heavy atom. The molecule has 0 aliphatic heterocycles. The van der Waals surface area contributed by atoms with Crippen LogP contribution < -0.4 is 5.32 Å². The van der Waals surface area contributed by atoms with Crippen molar-refractivity contribution in [3.8, 4) is 0 Å². The Hall–Kier alpha value is -1.52. The molecule has 1 atom stereocenters. The van der Waals surface area contributed by atoms with Crippen molar-refractivity contribution in [2.45, 2.75) is 13.0 Å². The lowest BCUT2D eigenvalue weighted by molar-refractivity contribution is -0.138. The Morgan fingerprint density at radius 2 is 2.05 bits per heavy atom. The monoisotopic (exact) mass is 353 g/mol. The van der Waals surface area contributed by atoms with E-state index in [4.69, 9.17) is 11.6 Å². The zero-order valence-electron chi connectivity index (χ0n) is 10.7. The van der Waals surface area contributed by atoms with Gasteiger partial charge in [0.05, 0.1) is 0 Å². The van der Waals surface area contributed by atoms with E-state index in [1.807, 2.05) is 31.2 Å². The minimum Gasteiger partial charge on any atom is -0.479 e. The van der Waals surface area contributed by atoms with Crippen LogP contribution in [-0.2, 0) is 4.79 Å². The molecule has 0 radical (unpaired) electrons. The average Bonchev–Trinajstić information content (AvgIpc) is 2.39. The van der Waals surface area contributed by atoms with Crippen LogP contribution in [-0.4, -0.2) is 11.1 Å². The molecule has 0 fully saturated rings. The number of halogens is 2. The van der Waals surface area contributed by atoms with E-state index in [9.17, 15) is 9.90 Å². The second-order valence-corrected chi connectivity index (χ2v) is 5.74. The summed E-state index contributed by atoms with van der Waals surface area (Å²) in [5, 5.41) is 13.0. The molecule has 2 N–H and O–H groups in total. The molecular weight excluding hydrogens is 342 g/mol. The molecule has 2 aromatic rings. The first-order valence-corrected chi connectivity index (χ1v) is 7.15. The maximum atomic E-state index is 11.5. The molecule has 0 saturated heterocycles. The largest absolute Gasteiger partial charge is 0.479 e. The number of aryl methyl sites for hydroxylation is 1. The lowest BCUT2D eigenvalue weighted by atomic mass is 10.1. The molecule has 0 spiro atoms. The predicted octanol–water partition coefficient (Wildman–Crippen LogP) is 4.65. The molecular formula is C15H13BrClNO2. The summed E-state index contributed by atoms with van der Waals surface area (Å²) >= 11 is 9.32. The van der Waals surface area contributed by atoms with Crippen LogP contribution in [0.4, 0.5) is 5.69 Å². The van der Waals surface area contributed by atoms with E-state index >= 15 is 0 Å². The van der Waals surface area contributed by atoms with Gasteiger partial charge in [0, 0.05) is 20.7 Å². The SMILES string of the molecule is Cc1cccc(NC(C(=O)O)c2cc(Cl)ccc2Br)c1. The second kappa shape index (κ2) is 6.29. The highest BCUT2D eigenvalue weighted by Gasteiger charge is 2.22. The van der Waals surface area contributed by atoms with E-state index in [-0.39, 0.29) is 0 Å². The second-order valence-electron chi connectivity index (χ2n) is 4.45. The van der Waals surface area contributed by atoms with Crippen molar-refractivity contribution >= 4 is 39.2 Å². The molecule has 5 heteroatoms. The minimum atomic E-state index is -0.963. The van der Waals surface area contributed by atoms with E-state index in [1.54, 1.807) is 18.2 Å². The predicted molar refractivity (Wildman–Crippen MR) is 84.3 cm³/mol. The van der Waals surface area contributed by atoms with E-state index in [0.29, 0.717) is 15.1 Å². The molecule has 0 aliphatic rings. The highest BCUT2D eigenvalue weighted by molar-refractivity contribution is 9.10. The molecule has 1 unspecified atom stereocenters. The quantitative estimate of drug-likeness (QED) is 0.840. The van der Waals surface area contributed by atoms with Crippen LogP contribution in [0.3, 0.4) is 0 Å². The van der Waals surface area contributed by atoms with Crippen molar-refractivity contribution in [2.24, 2.45) is 0 Å². The number of nitrogens with one attached hydrogen (secondary N) is 1. The van der Waals surface area contributed by atoms with Gasteiger partial charge in [-0.25, -0.2) is 4.79 Å². The number of benzene rings is 2. The Bertz CT molecular complexity index is 646. The topological polar surface area (TPSA) is 49.3 Å². The van der Waals surface area contributed by atoms with Gasteiger partial charge in [-0.3, -0.25) is 0 Å². The molecule has 0 heterocycles. The van der Waals surface area contributed by atoms with Gasteiger partial charge in [0.2, 0.25) is 0 Å². The Morgan fingerprint density at radius 3 is 2.70 bits per heavy atom. The fourth-order valence-electron chi connectivity index (χ4n) is 1.91. The van der Waals surface area contributed by atoms with Gasteiger partial charge in [0.25, 0.3) is 0 Å². The third kappa shape index (κ3) is 3.52. The number of aliphatic carboxylic acids is 1. The van der Waals surface area contributed by atoms with E-state index in [0.717, 1.165) is 11.3 Å². The van der Waals surface area contributed by atoms with Crippen molar-refractivity contribution < 1.29 is 9.90 Å². The van der Waals surface area contributed by atoms with Gasteiger partial charge in [-0.1, -0.05) is 39.7 Å². The van der Waals surface area contributed by atoms with E-state index in [2.05, 4.69) is 21.2 Å². The van der Waals surface area contributed by atoms with Gasteiger partial charge in [-0.2, -0.15) is 0 Å². The van der Waals surface area contributed by atoms with Crippen LogP contribution in [0, 0.1) is 6.92 Å². The van der Waals surface area contributed by atoms with Gasteiger partial charge in [-0.05, 0) is 42.8 Å². The van der Waals surface area contributed by atoms with E-state index < -0.39 is 12.0 Å². The van der Waals surface area contributed by atoms with Crippen LogP contribution in [0.5, 0.6) is 0 Å². The zero-order valence-corrected chi connectivity index (χ0v) is 13.1. The molecule has 0 bridgehead atoms. The standard InChI is InChI=1S/C15H13BrClNO2/c1-9-3-2-4-11(7-9)18-14(15(19)20)12-8-10(17)5-6-13(12)16/h2-8,14,18H,1H3,(H,19,20). The van der Waals surface area contributed by atoms with Gasteiger partial charge in [0.15, 0.2) is 6.04 Å². The van der Waals surface area contributed by atoms with Gasteiger partial charge in [-0.15, -0.1) is 0 Å². The summed E-state index contributed by atoms with van der Waals surface area (Å²) < 4.78 is 0.703. The number of rotatable bonds is 4. The molecule has 0 aliphatic carbocycles. The van der Waals surface area contributed by atoms with Gasteiger partial charge < -0.3 is 10.4 Å². The lowest BCUT2D eigenvalue weighted by Gasteiger charge is -2.18. The van der Waals surface area contributed by atoms with Crippen LogP contribution in [0.2, 0.25) is 5.02 Å². The Balaban J connectivity index is 2.37. The van der Waals surface area contributed by atoms with Crippen LogP contribution in [0.1, 0.15) is 17.2 Å². The Kier molecular flexibility index (Phi) is 4.68. The zero-order chi connectivity index (χ0) is 14.7. The molecule has 104 valence electrons. The first-order chi connectivity index (χ1) is 9.47. The maximum absolute atomic E-state index is 11.5. The molecule has 20 heavy (non-hydrogen) atoms. The van der Waals surface area contributed by atoms with Crippen LogP contribution >= 0.6 is 27.5 Å². The fourth-order valence-corrected chi connectivity index (χ4v) is 2.57. The first kappa shape index (κ1) is 14.9. The van der Waals surface area contributed by atoms with Crippen molar-refractivity contribution in [1.29, 1.82) is 0 Å². The third-order valence-electron chi connectivity index (χ3n) is 2.85. The summed E-state index contributed by atoms with van der Waals surface area (Å²) in [4.78, 5) is 11.5. The third-order valence-corrected chi connectivity index (χ3v) is 3.80.